The average molecular weight is 239 g/mol. The summed E-state index contributed by atoms with van der Waals surface area (Å²) >= 11 is 5.96. The van der Waals surface area contributed by atoms with E-state index >= 15 is 0 Å². The zero-order chi connectivity index (χ0) is 11.4. The minimum atomic E-state index is 0.211. The van der Waals surface area contributed by atoms with E-state index in [-0.39, 0.29) is 5.92 Å². The van der Waals surface area contributed by atoms with Gasteiger partial charge in [0.05, 0.1) is 11.6 Å². The van der Waals surface area contributed by atoms with Crippen LogP contribution >= 0.6 is 11.6 Å². The van der Waals surface area contributed by atoms with Gasteiger partial charge in [-0.05, 0) is 31.4 Å². The summed E-state index contributed by atoms with van der Waals surface area (Å²) in [7, 11) is 0. The fraction of sp³-hybridized carbons (Fsp3) is 0.462. The molecule has 1 atom stereocenters. The summed E-state index contributed by atoms with van der Waals surface area (Å²) < 4.78 is 5.56. The summed E-state index contributed by atoms with van der Waals surface area (Å²) in [5.74, 6) is 1.31. The molecule has 2 nitrogen and oxygen atoms in total. The first-order valence-corrected chi connectivity index (χ1v) is 6.05. The van der Waals surface area contributed by atoms with Gasteiger partial charge in [-0.1, -0.05) is 23.7 Å². The Labute approximate surface area is 101 Å². The Morgan fingerprint density at radius 1 is 1.38 bits per heavy atom. The minimum Gasteiger partial charge on any atom is -0.492 e. The highest BCUT2D eigenvalue weighted by Gasteiger charge is 2.23. The molecule has 86 valence electrons. The van der Waals surface area contributed by atoms with Gasteiger partial charge >= 0.3 is 0 Å². The van der Waals surface area contributed by atoms with E-state index in [1.165, 1.54) is 0 Å². The highest BCUT2D eigenvalue weighted by molar-refractivity contribution is 6.32. The van der Waals surface area contributed by atoms with E-state index in [1.807, 2.05) is 18.2 Å². The second-order valence-corrected chi connectivity index (χ2v) is 4.53. The summed E-state index contributed by atoms with van der Waals surface area (Å²) in [5.41, 5.74) is 0. The number of hydrogen-bond acceptors (Lipinski definition) is 2. The molecule has 0 amide bonds. The molecule has 1 saturated carbocycles. The first kappa shape index (κ1) is 11.5. The van der Waals surface area contributed by atoms with E-state index in [4.69, 9.17) is 16.3 Å². The molecule has 3 heteroatoms. The number of ketones is 1. The van der Waals surface area contributed by atoms with Gasteiger partial charge < -0.3 is 4.74 Å². The number of Topliss-reactive ketones (excluding diaryl/α,β-unsaturated/α-hetero) is 1. The third-order valence-corrected chi connectivity index (χ3v) is 3.30. The maximum Gasteiger partial charge on any atom is 0.137 e. The van der Waals surface area contributed by atoms with E-state index in [2.05, 4.69) is 0 Å². The number of benzene rings is 1. The Hall–Kier alpha value is -1.02. The Morgan fingerprint density at radius 2 is 2.19 bits per heavy atom. The molecule has 0 saturated heterocycles. The van der Waals surface area contributed by atoms with Gasteiger partial charge in [0.1, 0.15) is 11.5 Å². The highest BCUT2D eigenvalue weighted by Crippen LogP contribution is 2.26. The Balaban J connectivity index is 1.80. The molecule has 1 aliphatic rings. The van der Waals surface area contributed by atoms with Crippen molar-refractivity contribution < 1.29 is 9.53 Å². The molecule has 2 rings (SSSR count). The second-order valence-electron chi connectivity index (χ2n) is 4.12. The minimum absolute atomic E-state index is 0.211. The molecule has 1 aliphatic carbocycles. The van der Waals surface area contributed by atoms with Crippen LogP contribution in [0.5, 0.6) is 5.75 Å². The molecule has 0 bridgehead atoms. The largest absolute Gasteiger partial charge is 0.492 e. The fourth-order valence-electron chi connectivity index (χ4n) is 2.07. The van der Waals surface area contributed by atoms with E-state index in [9.17, 15) is 4.79 Å². The summed E-state index contributed by atoms with van der Waals surface area (Å²) in [6.45, 7) is 0.570. The Morgan fingerprint density at radius 3 is 2.88 bits per heavy atom. The van der Waals surface area contributed by atoms with E-state index < -0.39 is 0 Å². The van der Waals surface area contributed by atoms with Crippen molar-refractivity contribution in [2.24, 2.45) is 5.92 Å². The van der Waals surface area contributed by atoms with Gasteiger partial charge in [0, 0.05) is 12.3 Å². The van der Waals surface area contributed by atoms with E-state index in [0.29, 0.717) is 23.2 Å². The van der Waals surface area contributed by atoms with Crippen molar-refractivity contribution in [1.82, 2.24) is 0 Å². The van der Waals surface area contributed by atoms with Crippen molar-refractivity contribution >= 4 is 17.4 Å². The topological polar surface area (TPSA) is 26.3 Å². The third-order valence-electron chi connectivity index (χ3n) is 2.99. The van der Waals surface area contributed by atoms with Crippen molar-refractivity contribution in [3.8, 4) is 5.75 Å². The van der Waals surface area contributed by atoms with Gasteiger partial charge in [0.15, 0.2) is 0 Å². The summed E-state index contributed by atoms with van der Waals surface area (Å²) in [6, 6.07) is 7.41. The monoisotopic (exact) mass is 238 g/mol. The number of rotatable bonds is 4. The Kier molecular flexibility index (Phi) is 3.83. The van der Waals surface area contributed by atoms with Crippen LogP contribution in [-0.4, -0.2) is 12.4 Å². The maximum atomic E-state index is 11.4. The van der Waals surface area contributed by atoms with Gasteiger partial charge in [0.2, 0.25) is 0 Å². The number of ether oxygens (including phenoxy) is 1. The second kappa shape index (κ2) is 5.35. The van der Waals surface area contributed by atoms with Crippen LogP contribution in [0.2, 0.25) is 5.02 Å². The molecule has 0 aromatic heterocycles. The van der Waals surface area contributed by atoms with Gasteiger partial charge in [-0.25, -0.2) is 0 Å². The highest BCUT2D eigenvalue weighted by atomic mass is 35.5. The molecule has 0 aliphatic heterocycles. The van der Waals surface area contributed by atoms with Gasteiger partial charge in [-0.3, -0.25) is 4.79 Å². The van der Waals surface area contributed by atoms with Gasteiger partial charge in [-0.2, -0.15) is 0 Å². The van der Waals surface area contributed by atoms with Crippen LogP contribution in [0.3, 0.4) is 0 Å². The van der Waals surface area contributed by atoms with Gasteiger partial charge in [0.25, 0.3) is 0 Å². The fourth-order valence-corrected chi connectivity index (χ4v) is 2.26. The lowest BCUT2D eigenvalue weighted by Gasteiger charge is -2.10. The lowest BCUT2D eigenvalue weighted by atomic mass is 10.0. The van der Waals surface area contributed by atoms with Crippen molar-refractivity contribution in [3.05, 3.63) is 29.3 Å². The Bertz CT molecular complexity index is 376. The number of carbonyl (C=O) groups excluding carboxylic acids is 1. The van der Waals surface area contributed by atoms with Crippen molar-refractivity contribution in [2.75, 3.05) is 6.61 Å². The van der Waals surface area contributed by atoms with Crippen LogP contribution in [0.25, 0.3) is 0 Å². The number of para-hydroxylation sites is 1. The first-order chi connectivity index (χ1) is 7.77. The molecule has 0 radical (unpaired) electrons. The molecule has 0 heterocycles. The zero-order valence-corrected chi connectivity index (χ0v) is 9.87. The van der Waals surface area contributed by atoms with Crippen LogP contribution in [0.15, 0.2) is 24.3 Å². The molecular weight excluding hydrogens is 224 g/mol. The van der Waals surface area contributed by atoms with E-state index in [1.54, 1.807) is 6.07 Å². The van der Waals surface area contributed by atoms with Crippen LogP contribution in [0.4, 0.5) is 0 Å². The van der Waals surface area contributed by atoms with Crippen molar-refractivity contribution in [2.45, 2.75) is 25.7 Å². The molecule has 16 heavy (non-hydrogen) atoms. The zero-order valence-electron chi connectivity index (χ0n) is 9.12. The van der Waals surface area contributed by atoms with Crippen LogP contribution < -0.4 is 4.74 Å². The smallest absolute Gasteiger partial charge is 0.137 e. The number of carbonyl (C=O) groups is 1. The SMILES string of the molecule is O=C1CCCC1CCOc1ccccc1Cl. The van der Waals surface area contributed by atoms with Crippen LogP contribution in [-0.2, 0) is 4.79 Å². The van der Waals surface area contributed by atoms with Crippen molar-refractivity contribution in [3.63, 3.8) is 0 Å². The molecule has 1 unspecified atom stereocenters. The van der Waals surface area contributed by atoms with E-state index in [0.717, 1.165) is 25.7 Å². The molecule has 0 spiro atoms. The van der Waals surface area contributed by atoms with Crippen molar-refractivity contribution in [1.29, 1.82) is 0 Å². The maximum absolute atomic E-state index is 11.4. The quantitative estimate of drug-likeness (QED) is 0.803. The molecule has 1 fully saturated rings. The lowest BCUT2D eigenvalue weighted by molar-refractivity contribution is -0.121. The van der Waals surface area contributed by atoms with Gasteiger partial charge in [-0.15, -0.1) is 0 Å². The average Bonchev–Trinajstić information content (AvgIpc) is 2.67. The molecular formula is C13H15ClO2. The standard InChI is InChI=1S/C13H15ClO2/c14-11-5-1-2-7-13(11)16-9-8-10-4-3-6-12(10)15/h1-2,5,7,10H,3-4,6,8-9H2. The summed E-state index contributed by atoms with van der Waals surface area (Å²) in [5, 5.41) is 0.625. The molecule has 0 N–H and O–H groups in total. The molecule has 1 aromatic carbocycles. The predicted octanol–water partition coefficient (Wildman–Crippen LogP) is 3.48. The summed E-state index contributed by atoms with van der Waals surface area (Å²) in [4.78, 5) is 11.4. The first-order valence-electron chi connectivity index (χ1n) is 5.67. The third kappa shape index (κ3) is 2.76. The van der Waals surface area contributed by atoms with Crippen LogP contribution in [0.1, 0.15) is 25.7 Å². The number of halogens is 1. The van der Waals surface area contributed by atoms with Crippen LogP contribution in [0, 0.1) is 5.92 Å². The number of hydrogen-bond donors (Lipinski definition) is 0. The summed E-state index contributed by atoms with van der Waals surface area (Å²) in [6.07, 6.45) is 3.61. The molecule has 1 aromatic rings. The predicted molar refractivity (Wildman–Crippen MR) is 63.9 cm³/mol. The normalized spacial score (nSPS) is 20.1. The lowest BCUT2D eigenvalue weighted by Crippen LogP contribution is -2.11.